The van der Waals surface area contributed by atoms with E-state index in [-0.39, 0.29) is 17.6 Å². The minimum absolute atomic E-state index is 0.0682. The zero-order valence-corrected chi connectivity index (χ0v) is 8.71. The number of hydrogen-bond donors (Lipinski definition) is 1. The van der Waals surface area contributed by atoms with Gasteiger partial charge in [0.05, 0.1) is 17.7 Å². The molecule has 1 saturated carbocycles. The van der Waals surface area contributed by atoms with E-state index in [1.54, 1.807) is 0 Å². The molecule has 1 fully saturated rings. The Hall–Kier alpha value is -1.63. The first-order chi connectivity index (χ1) is 7.70. The highest BCUT2D eigenvalue weighted by molar-refractivity contribution is 5.46. The van der Waals surface area contributed by atoms with Crippen LogP contribution in [0.15, 0.2) is 18.2 Å². The molecule has 4 heteroatoms. The average molecular weight is 222 g/mol. The molecule has 2 nitrogen and oxygen atoms in total. The van der Waals surface area contributed by atoms with E-state index in [0.29, 0.717) is 0 Å². The molecular weight excluding hydrogens is 210 g/mol. The van der Waals surface area contributed by atoms with Gasteiger partial charge in [0.2, 0.25) is 0 Å². The van der Waals surface area contributed by atoms with E-state index in [1.807, 2.05) is 0 Å². The second-order valence-electron chi connectivity index (χ2n) is 4.04. The van der Waals surface area contributed by atoms with Crippen LogP contribution in [0.5, 0.6) is 0 Å². The van der Waals surface area contributed by atoms with Crippen LogP contribution in [0.4, 0.5) is 14.5 Å². The second kappa shape index (κ2) is 4.48. The number of halogens is 2. The Balaban J connectivity index is 2.14. The smallest absolute Gasteiger partial charge is 0.146 e. The normalized spacial score (nSPS) is 24.1. The van der Waals surface area contributed by atoms with E-state index in [9.17, 15) is 8.78 Å². The highest BCUT2D eigenvalue weighted by Crippen LogP contribution is 2.29. The van der Waals surface area contributed by atoms with Gasteiger partial charge in [0.25, 0.3) is 0 Å². The van der Waals surface area contributed by atoms with Gasteiger partial charge in [-0.15, -0.1) is 0 Å². The molecule has 0 saturated heterocycles. The summed E-state index contributed by atoms with van der Waals surface area (Å²) in [5.41, 5.74) is 0.146. The molecule has 0 bridgehead atoms. The van der Waals surface area contributed by atoms with Crippen molar-refractivity contribution in [1.29, 1.82) is 5.26 Å². The van der Waals surface area contributed by atoms with Gasteiger partial charge >= 0.3 is 0 Å². The maximum atomic E-state index is 13.3. The number of nitrogens with zero attached hydrogens (tertiary/aromatic N) is 1. The summed E-state index contributed by atoms with van der Waals surface area (Å²) < 4.78 is 26.3. The van der Waals surface area contributed by atoms with E-state index >= 15 is 0 Å². The Morgan fingerprint density at radius 2 is 2.12 bits per heavy atom. The lowest BCUT2D eigenvalue weighted by atomic mass is 10.1. The van der Waals surface area contributed by atoms with Crippen LogP contribution in [0, 0.1) is 28.9 Å². The number of anilines is 1. The van der Waals surface area contributed by atoms with Gasteiger partial charge in [0.1, 0.15) is 11.6 Å². The van der Waals surface area contributed by atoms with Gasteiger partial charge in [0.15, 0.2) is 0 Å². The molecular formula is C12H12F2N2. The van der Waals surface area contributed by atoms with Crippen molar-refractivity contribution >= 4 is 5.69 Å². The van der Waals surface area contributed by atoms with Gasteiger partial charge in [-0.2, -0.15) is 5.26 Å². The van der Waals surface area contributed by atoms with Crippen LogP contribution in [0.1, 0.15) is 19.3 Å². The van der Waals surface area contributed by atoms with Gasteiger partial charge in [-0.25, -0.2) is 8.78 Å². The zero-order chi connectivity index (χ0) is 11.5. The number of nitriles is 1. The fraction of sp³-hybridized carbons (Fsp3) is 0.417. The molecule has 84 valence electrons. The molecule has 2 unspecified atom stereocenters. The molecule has 1 aromatic rings. The molecule has 2 rings (SSSR count). The zero-order valence-electron chi connectivity index (χ0n) is 8.71. The Labute approximate surface area is 92.9 Å². The van der Waals surface area contributed by atoms with E-state index in [4.69, 9.17) is 5.26 Å². The molecule has 0 heterocycles. The third kappa shape index (κ3) is 2.13. The van der Waals surface area contributed by atoms with Crippen molar-refractivity contribution in [1.82, 2.24) is 0 Å². The van der Waals surface area contributed by atoms with Crippen LogP contribution >= 0.6 is 0 Å². The van der Waals surface area contributed by atoms with Gasteiger partial charge in [-0.1, -0.05) is 0 Å². The van der Waals surface area contributed by atoms with Gasteiger partial charge in [-0.05, 0) is 37.5 Å². The van der Waals surface area contributed by atoms with Crippen molar-refractivity contribution in [3.63, 3.8) is 0 Å². The maximum absolute atomic E-state index is 13.3. The summed E-state index contributed by atoms with van der Waals surface area (Å²) in [6, 6.07) is 5.42. The van der Waals surface area contributed by atoms with Crippen LogP contribution in [0.25, 0.3) is 0 Å². The average Bonchev–Trinajstić information content (AvgIpc) is 2.71. The number of hydrogen-bond acceptors (Lipinski definition) is 2. The summed E-state index contributed by atoms with van der Waals surface area (Å²) in [6.45, 7) is 0. The van der Waals surface area contributed by atoms with Crippen molar-refractivity contribution in [2.75, 3.05) is 5.32 Å². The standard InChI is InChI=1S/C12H12F2N2/c13-9-4-5-10(14)12(6-9)16-11-3-1-2-8(11)7-15/h4-6,8,11,16H,1-3H2. The summed E-state index contributed by atoms with van der Waals surface area (Å²) in [7, 11) is 0. The van der Waals surface area contributed by atoms with Crippen LogP contribution in [0.2, 0.25) is 0 Å². The maximum Gasteiger partial charge on any atom is 0.146 e. The summed E-state index contributed by atoms with van der Waals surface area (Å²) >= 11 is 0. The lowest BCUT2D eigenvalue weighted by Gasteiger charge is -2.17. The molecule has 0 radical (unpaired) electrons. The molecule has 1 N–H and O–H groups in total. The van der Waals surface area contributed by atoms with E-state index in [2.05, 4.69) is 11.4 Å². The largest absolute Gasteiger partial charge is 0.379 e. The molecule has 1 aliphatic carbocycles. The minimum Gasteiger partial charge on any atom is -0.379 e. The highest BCUT2D eigenvalue weighted by Gasteiger charge is 2.27. The Morgan fingerprint density at radius 1 is 1.31 bits per heavy atom. The molecule has 2 atom stereocenters. The fourth-order valence-corrected chi connectivity index (χ4v) is 2.10. The number of benzene rings is 1. The van der Waals surface area contributed by atoms with E-state index < -0.39 is 11.6 Å². The van der Waals surface area contributed by atoms with Gasteiger partial charge in [-0.3, -0.25) is 0 Å². The second-order valence-corrected chi connectivity index (χ2v) is 4.04. The summed E-state index contributed by atoms with van der Waals surface area (Å²) in [4.78, 5) is 0. The fourth-order valence-electron chi connectivity index (χ4n) is 2.10. The molecule has 0 aliphatic heterocycles. The van der Waals surface area contributed by atoms with Crippen LogP contribution < -0.4 is 5.32 Å². The SMILES string of the molecule is N#CC1CCCC1Nc1cc(F)ccc1F. The molecule has 1 aromatic carbocycles. The topological polar surface area (TPSA) is 35.8 Å². The quantitative estimate of drug-likeness (QED) is 0.834. The van der Waals surface area contributed by atoms with Gasteiger partial charge in [0, 0.05) is 6.04 Å². The molecule has 16 heavy (non-hydrogen) atoms. The predicted octanol–water partition coefficient (Wildman–Crippen LogP) is 3.07. The minimum atomic E-state index is -0.481. The van der Waals surface area contributed by atoms with Crippen molar-refractivity contribution in [2.24, 2.45) is 5.92 Å². The first-order valence-electron chi connectivity index (χ1n) is 5.32. The van der Waals surface area contributed by atoms with Crippen molar-refractivity contribution < 1.29 is 8.78 Å². The summed E-state index contributed by atoms with van der Waals surface area (Å²) in [5, 5.41) is 11.8. The third-order valence-electron chi connectivity index (χ3n) is 2.95. The van der Waals surface area contributed by atoms with Crippen LogP contribution in [-0.4, -0.2) is 6.04 Å². The summed E-state index contributed by atoms with van der Waals surface area (Å²) in [6.07, 6.45) is 2.60. The first-order valence-corrected chi connectivity index (χ1v) is 5.32. The van der Waals surface area contributed by atoms with Crippen molar-refractivity contribution in [3.05, 3.63) is 29.8 Å². The van der Waals surface area contributed by atoms with Crippen molar-refractivity contribution in [3.8, 4) is 6.07 Å². The predicted molar refractivity (Wildman–Crippen MR) is 56.7 cm³/mol. The van der Waals surface area contributed by atoms with Crippen LogP contribution in [-0.2, 0) is 0 Å². The first kappa shape index (κ1) is 10.9. The third-order valence-corrected chi connectivity index (χ3v) is 2.95. The molecule has 1 aliphatic rings. The Kier molecular flexibility index (Phi) is 3.04. The van der Waals surface area contributed by atoms with E-state index in [1.165, 1.54) is 0 Å². The van der Waals surface area contributed by atoms with Crippen molar-refractivity contribution in [2.45, 2.75) is 25.3 Å². The molecule has 0 aromatic heterocycles. The number of nitrogens with one attached hydrogen (secondary N) is 1. The summed E-state index contributed by atoms with van der Waals surface area (Å²) in [5.74, 6) is -1.07. The molecule has 0 amide bonds. The Bertz CT molecular complexity index is 426. The lowest BCUT2D eigenvalue weighted by molar-refractivity contribution is 0.587. The van der Waals surface area contributed by atoms with Crippen LogP contribution in [0.3, 0.4) is 0 Å². The number of rotatable bonds is 2. The molecule has 0 spiro atoms. The highest BCUT2D eigenvalue weighted by atomic mass is 19.1. The van der Waals surface area contributed by atoms with E-state index in [0.717, 1.165) is 37.5 Å². The lowest BCUT2D eigenvalue weighted by Crippen LogP contribution is -2.23. The monoisotopic (exact) mass is 222 g/mol. The van der Waals surface area contributed by atoms with Gasteiger partial charge < -0.3 is 5.32 Å². The Morgan fingerprint density at radius 3 is 2.88 bits per heavy atom.